The standard InChI is InChI=1S/C24H29ClF3N5O5/c1-23(2,3)38-22(35)30-7-9-36-18-11-31-19(15-4-5-17(25)16(10-15)24(26,27)28)32-20(18)33-8-6-14(12-33)13-37-21(29)34/h4-5,10-11,14H,6-9,12-13H2,1-3H3,(H2,29,34)(H,30,35). The van der Waals surface area contributed by atoms with Crippen molar-refractivity contribution < 1.29 is 37.0 Å². The topological polar surface area (TPSA) is 129 Å². The molecule has 14 heteroatoms. The van der Waals surface area contributed by atoms with E-state index in [-0.39, 0.29) is 42.8 Å². The molecule has 0 bridgehead atoms. The Labute approximate surface area is 222 Å². The van der Waals surface area contributed by atoms with Gasteiger partial charge in [-0.05, 0) is 45.4 Å². The summed E-state index contributed by atoms with van der Waals surface area (Å²) in [6.07, 6.45) is -4.11. The van der Waals surface area contributed by atoms with Crippen molar-refractivity contribution in [2.45, 2.75) is 39.0 Å². The highest BCUT2D eigenvalue weighted by molar-refractivity contribution is 6.31. The minimum Gasteiger partial charge on any atom is -0.486 e. The SMILES string of the molecule is CC(C)(C)OC(=O)NCCOc1cnc(-c2ccc(Cl)c(C(F)(F)F)c2)nc1N1CCC(COC(N)=O)C1. The van der Waals surface area contributed by atoms with Gasteiger partial charge in [-0.3, -0.25) is 0 Å². The molecule has 1 aliphatic rings. The highest BCUT2D eigenvalue weighted by Crippen LogP contribution is 2.38. The van der Waals surface area contributed by atoms with E-state index in [1.165, 1.54) is 12.3 Å². The van der Waals surface area contributed by atoms with Crippen LogP contribution in [0.2, 0.25) is 5.02 Å². The lowest BCUT2D eigenvalue weighted by Gasteiger charge is -2.22. The molecule has 2 heterocycles. The molecule has 38 heavy (non-hydrogen) atoms. The number of hydrogen-bond acceptors (Lipinski definition) is 8. The minimum atomic E-state index is -4.65. The van der Waals surface area contributed by atoms with E-state index in [1.54, 1.807) is 20.8 Å². The molecule has 10 nitrogen and oxygen atoms in total. The van der Waals surface area contributed by atoms with Gasteiger partial charge in [0, 0.05) is 24.6 Å². The number of hydrogen-bond donors (Lipinski definition) is 2. The summed E-state index contributed by atoms with van der Waals surface area (Å²) in [6, 6.07) is 3.43. The summed E-state index contributed by atoms with van der Waals surface area (Å²) in [6.45, 7) is 6.47. The first-order valence-electron chi connectivity index (χ1n) is 11.7. The van der Waals surface area contributed by atoms with Crippen LogP contribution >= 0.6 is 11.6 Å². The summed E-state index contributed by atoms with van der Waals surface area (Å²) in [5, 5.41) is 2.14. The first kappa shape index (κ1) is 29.1. The number of nitrogens with zero attached hydrogens (tertiary/aromatic N) is 3. The molecule has 0 aliphatic carbocycles. The van der Waals surface area contributed by atoms with Crippen LogP contribution in [0.4, 0.5) is 28.6 Å². The van der Waals surface area contributed by atoms with Crippen LogP contribution in [0.25, 0.3) is 11.4 Å². The van der Waals surface area contributed by atoms with Crippen molar-refractivity contribution in [2.24, 2.45) is 11.7 Å². The smallest absolute Gasteiger partial charge is 0.417 e. The summed E-state index contributed by atoms with van der Waals surface area (Å²) >= 11 is 5.75. The Balaban J connectivity index is 1.82. The summed E-state index contributed by atoms with van der Waals surface area (Å²) in [7, 11) is 0. The summed E-state index contributed by atoms with van der Waals surface area (Å²) in [4.78, 5) is 33.4. The van der Waals surface area contributed by atoms with Crippen LogP contribution in [0, 0.1) is 5.92 Å². The third-order valence-electron chi connectivity index (χ3n) is 5.34. The van der Waals surface area contributed by atoms with Gasteiger partial charge in [-0.1, -0.05) is 11.6 Å². The molecule has 2 aromatic rings. The van der Waals surface area contributed by atoms with E-state index >= 15 is 0 Å². The van der Waals surface area contributed by atoms with Crippen LogP contribution in [0.1, 0.15) is 32.8 Å². The number of carbonyl (C=O) groups excluding carboxylic acids is 2. The summed E-state index contributed by atoms with van der Waals surface area (Å²) < 4.78 is 56.1. The largest absolute Gasteiger partial charge is 0.486 e. The van der Waals surface area contributed by atoms with Gasteiger partial charge in [-0.15, -0.1) is 0 Å². The third kappa shape index (κ3) is 8.27. The lowest BCUT2D eigenvalue weighted by atomic mass is 10.1. The normalized spacial score (nSPS) is 15.8. The monoisotopic (exact) mass is 559 g/mol. The molecule has 1 aromatic carbocycles. The predicted molar refractivity (Wildman–Crippen MR) is 133 cm³/mol. The van der Waals surface area contributed by atoms with Crippen LogP contribution in [0.5, 0.6) is 5.75 Å². The molecule has 208 valence electrons. The predicted octanol–water partition coefficient (Wildman–Crippen LogP) is 4.64. The molecule has 0 radical (unpaired) electrons. The number of primary amides is 1. The Morgan fingerprint density at radius 3 is 2.66 bits per heavy atom. The maximum atomic E-state index is 13.4. The molecular weight excluding hydrogens is 531 g/mol. The van der Waals surface area contributed by atoms with Gasteiger partial charge in [0.25, 0.3) is 0 Å². The number of benzene rings is 1. The van der Waals surface area contributed by atoms with Crippen LogP contribution in [-0.4, -0.2) is 60.6 Å². The van der Waals surface area contributed by atoms with Gasteiger partial charge in [-0.2, -0.15) is 13.2 Å². The number of aromatic nitrogens is 2. The van der Waals surface area contributed by atoms with Crippen molar-refractivity contribution in [3.63, 3.8) is 0 Å². The maximum Gasteiger partial charge on any atom is 0.417 e. The number of alkyl carbamates (subject to hydrolysis) is 1. The molecule has 1 saturated heterocycles. The van der Waals surface area contributed by atoms with Crippen LogP contribution in [0.3, 0.4) is 0 Å². The fourth-order valence-electron chi connectivity index (χ4n) is 3.70. The average Bonchev–Trinajstić information content (AvgIpc) is 3.28. The molecular formula is C24H29ClF3N5O5. The fourth-order valence-corrected chi connectivity index (χ4v) is 3.92. The zero-order valence-electron chi connectivity index (χ0n) is 21.1. The molecule has 2 amide bonds. The van der Waals surface area contributed by atoms with Crippen molar-refractivity contribution in [3.05, 3.63) is 35.0 Å². The number of amides is 2. The third-order valence-corrected chi connectivity index (χ3v) is 5.67. The van der Waals surface area contributed by atoms with Gasteiger partial charge in [0.05, 0.1) is 29.9 Å². The van der Waals surface area contributed by atoms with Crippen molar-refractivity contribution in [1.29, 1.82) is 0 Å². The van der Waals surface area contributed by atoms with Crippen LogP contribution < -0.4 is 20.7 Å². The molecule has 0 spiro atoms. The van der Waals surface area contributed by atoms with Crippen LogP contribution in [-0.2, 0) is 15.7 Å². The number of anilines is 1. The average molecular weight is 560 g/mol. The second-order valence-electron chi connectivity index (χ2n) is 9.58. The van der Waals surface area contributed by atoms with Gasteiger partial charge in [0.15, 0.2) is 17.4 Å². The molecule has 1 aromatic heterocycles. The lowest BCUT2D eigenvalue weighted by Crippen LogP contribution is -2.34. The van der Waals surface area contributed by atoms with E-state index < -0.39 is 34.5 Å². The van der Waals surface area contributed by atoms with Crippen LogP contribution in [0.15, 0.2) is 24.4 Å². The number of carbonyl (C=O) groups is 2. The molecule has 1 unspecified atom stereocenters. The van der Waals surface area contributed by atoms with Gasteiger partial charge in [0.2, 0.25) is 0 Å². The Morgan fingerprint density at radius 2 is 2.00 bits per heavy atom. The summed E-state index contributed by atoms with van der Waals surface area (Å²) in [5.74, 6) is 0.617. The number of ether oxygens (including phenoxy) is 3. The van der Waals surface area contributed by atoms with Crippen molar-refractivity contribution >= 4 is 29.6 Å². The Morgan fingerprint density at radius 1 is 1.26 bits per heavy atom. The second-order valence-corrected chi connectivity index (χ2v) is 9.99. The number of halogens is 4. The van der Waals surface area contributed by atoms with E-state index in [2.05, 4.69) is 15.3 Å². The van der Waals surface area contributed by atoms with Gasteiger partial charge < -0.3 is 30.2 Å². The molecule has 3 rings (SSSR count). The fraction of sp³-hybridized carbons (Fsp3) is 0.500. The lowest BCUT2D eigenvalue weighted by molar-refractivity contribution is -0.137. The molecule has 3 N–H and O–H groups in total. The van der Waals surface area contributed by atoms with Crippen molar-refractivity contribution in [1.82, 2.24) is 15.3 Å². The second kappa shape index (κ2) is 11.9. The quantitative estimate of drug-likeness (QED) is 0.448. The zero-order valence-corrected chi connectivity index (χ0v) is 21.9. The highest BCUT2D eigenvalue weighted by atomic mass is 35.5. The molecule has 1 aliphatic heterocycles. The molecule has 0 saturated carbocycles. The van der Waals surface area contributed by atoms with Gasteiger partial charge in [0.1, 0.15) is 12.2 Å². The first-order chi connectivity index (χ1) is 17.7. The van der Waals surface area contributed by atoms with E-state index in [1.807, 2.05) is 4.90 Å². The molecule has 1 atom stereocenters. The Hall–Kier alpha value is -3.48. The maximum absolute atomic E-state index is 13.4. The van der Waals surface area contributed by atoms with E-state index in [4.69, 9.17) is 31.5 Å². The highest BCUT2D eigenvalue weighted by Gasteiger charge is 2.34. The van der Waals surface area contributed by atoms with Crippen molar-refractivity contribution in [3.8, 4) is 17.1 Å². The van der Waals surface area contributed by atoms with Gasteiger partial charge in [-0.25, -0.2) is 19.6 Å². The minimum absolute atomic E-state index is 0.0324. The van der Waals surface area contributed by atoms with Gasteiger partial charge >= 0.3 is 18.4 Å². The number of nitrogens with two attached hydrogens (primary N) is 1. The zero-order chi connectivity index (χ0) is 28.1. The van der Waals surface area contributed by atoms with E-state index in [9.17, 15) is 22.8 Å². The number of alkyl halides is 3. The molecule has 1 fully saturated rings. The Kier molecular flexibility index (Phi) is 9.13. The van der Waals surface area contributed by atoms with E-state index in [0.29, 0.717) is 25.3 Å². The summed E-state index contributed by atoms with van der Waals surface area (Å²) in [5.41, 5.74) is 3.52. The Bertz CT molecular complexity index is 1160. The first-order valence-corrected chi connectivity index (χ1v) is 12.1. The van der Waals surface area contributed by atoms with Crippen molar-refractivity contribution in [2.75, 3.05) is 37.7 Å². The number of rotatable bonds is 8. The van der Waals surface area contributed by atoms with E-state index in [0.717, 1.165) is 12.1 Å². The number of nitrogens with one attached hydrogen (secondary N) is 1.